The largest absolute Gasteiger partial charge is 0.489 e. The van der Waals surface area contributed by atoms with Gasteiger partial charge in [0, 0.05) is 24.5 Å². The number of carboxylic acid groups (broad SMARTS) is 1. The number of hydrogen-bond acceptors (Lipinski definition) is 7. The van der Waals surface area contributed by atoms with Crippen molar-refractivity contribution in [1.82, 2.24) is 10.2 Å². The third-order valence-corrected chi connectivity index (χ3v) is 11.9. The SMILES string of the molecule is N#Cc1ccc(-c2ccc(CC(NC(=O)C3Cc4cc5c(cc4CN3Cc3ccccc3Cl)OC(c3ccc(OCc4ccc(Cl)c(Cl)c4)cc3)CO5)C(=O)O)cc2)cc1. The van der Waals surface area contributed by atoms with Crippen molar-refractivity contribution in [3.05, 3.63) is 181 Å². The molecule has 3 atom stereocenters. The Morgan fingerprint density at radius 2 is 1.52 bits per heavy atom. The Hall–Kier alpha value is -6.02. The van der Waals surface area contributed by atoms with E-state index in [0.717, 1.165) is 44.5 Å². The molecule has 1 amide bonds. The quantitative estimate of drug-likeness (QED) is 0.125. The van der Waals surface area contributed by atoms with Gasteiger partial charge in [-0.1, -0.05) is 108 Å². The zero-order chi connectivity index (χ0) is 41.8. The van der Waals surface area contributed by atoms with Crippen molar-refractivity contribution < 1.29 is 28.9 Å². The van der Waals surface area contributed by atoms with Crippen LogP contribution in [0, 0.1) is 11.3 Å². The fraction of sp³-hybridized carbons (Fsp3) is 0.188. The molecule has 0 fully saturated rings. The normalized spacial score (nSPS) is 16.2. The number of carbonyl (C=O) groups excluding carboxylic acids is 1. The second-order valence-electron chi connectivity index (χ2n) is 14.8. The molecule has 9 nitrogen and oxygen atoms in total. The number of hydrogen-bond donors (Lipinski definition) is 2. The lowest BCUT2D eigenvalue weighted by atomic mass is 9.91. The summed E-state index contributed by atoms with van der Waals surface area (Å²) < 4.78 is 18.7. The first-order valence-corrected chi connectivity index (χ1v) is 20.5. The summed E-state index contributed by atoms with van der Waals surface area (Å²) >= 11 is 18.8. The Bertz CT molecular complexity index is 2580. The summed E-state index contributed by atoms with van der Waals surface area (Å²) in [6.45, 7) is 1.37. The van der Waals surface area contributed by atoms with Gasteiger partial charge in [-0.2, -0.15) is 5.26 Å². The number of carbonyl (C=O) groups is 2. The highest BCUT2D eigenvalue weighted by atomic mass is 35.5. The first-order valence-electron chi connectivity index (χ1n) is 19.3. The highest BCUT2D eigenvalue weighted by Crippen LogP contribution is 2.41. The number of rotatable bonds is 12. The molecule has 0 saturated heterocycles. The van der Waals surface area contributed by atoms with Crippen molar-refractivity contribution in [3.8, 4) is 34.4 Å². The van der Waals surface area contributed by atoms with E-state index < -0.39 is 24.0 Å². The van der Waals surface area contributed by atoms with Crippen molar-refractivity contribution in [1.29, 1.82) is 5.26 Å². The molecule has 0 spiro atoms. The maximum atomic E-state index is 14.2. The van der Waals surface area contributed by atoms with Crippen LogP contribution in [0.4, 0.5) is 0 Å². The molecule has 6 aromatic rings. The number of amides is 1. The number of carboxylic acids is 1. The maximum Gasteiger partial charge on any atom is 0.326 e. The number of halogens is 3. The van der Waals surface area contributed by atoms with Crippen molar-refractivity contribution in [2.75, 3.05) is 6.61 Å². The lowest BCUT2D eigenvalue weighted by Gasteiger charge is -2.38. The van der Waals surface area contributed by atoms with E-state index in [1.54, 1.807) is 24.3 Å². The summed E-state index contributed by atoms with van der Waals surface area (Å²) in [6, 6.07) is 39.5. The first kappa shape index (κ1) is 40.7. The number of benzene rings is 6. The van der Waals surface area contributed by atoms with Crippen LogP contribution in [0.5, 0.6) is 17.2 Å². The average molecular weight is 859 g/mol. The van der Waals surface area contributed by atoms with Crippen molar-refractivity contribution >= 4 is 46.7 Å². The molecule has 0 saturated carbocycles. The Morgan fingerprint density at radius 3 is 2.22 bits per heavy atom. The summed E-state index contributed by atoms with van der Waals surface area (Å²) in [5.41, 5.74) is 7.76. The lowest BCUT2D eigenvalue weighted by molar-refractivity contribution is -0.142. The number of nitrogens with zero attached hydrogens (tertiary/aromatic N) is 2. The van der Waals surface area contributed by atoms with Gasteiger partial charge >= 0.3 is 5.97 Å². The lowest BCUT2D eigenvalue weighted by Crippen LogP contribution is -2.54. The molecule has 3 unspecified atom stereocenters. The molecule has 6 aromatic carbocycles. The molecular formula is C48H38Cl3N3O6. The van der Waals surface area contributed by atoms with Gasteiger partial charge in [0.15, 0.2) is 17.6 Å². The van der Waals surface area contributed by atoms with Crippen LogP contribution in [-0.2, 0) is 42.1 Å². The molecular weight excluding hydrogens is 821 g/mol. The van der Waals surface area contributed by atoms with Crippen LogP contribution in [0.3, 0.4) is 0 Å². The van der Waals surface area contributed by atoms with Gasteiger partial charge in [0.25, 0.3) is 0 Å². The predicted octanol–water partition coefficient (Wildman–Crippen LogP) is 10.0. The molecule has 8 rings (SSSR count). The zero-order valence-corrected chi connectivity index (χ0v) is 34.4. The Morgan fingerprint density at radius 1 is 0.817 bits per heavy atom. The summed E-state index contributed by atoms with van der Waals surface area (Å²) in [6.07, 6.45) is 0.0545. The van der Waals surface area contributed by atoms with Gasteiger partial charge in [-0.05, 0) is 106 Å². The van der Waals surface area contributed by atoms with Crippen LogP contribution in [0.15, 0.2) is 127 Å². The van der Waals surface area contributed by atoms with E-state index in [1.807, 2.05) is 108 Å². The molecule has 0 radical (unpaired) electrons. The van der Waals surface area contributed by atoms with E-state index in [-0.39, 0.29) is 19.1 Å². The highest BCUT2D eigenvalue weighted by Gasteiger charge is 2.36. The molecule has 2 aliphatic rings. The summed E-state index contributed by atoms with van der Waals surface area (Å²) in [5, 5.41) is 23.8. The molecule has 0 bridgehead atoms. The average Bonchev–Trinajstić information content (AvgIpc) is 3.26. The molecule has 0 aromatic heterocycles. The second kappa shape index (κ2) is 18.1. The van der Waals surface area contributed by atoms with E-state index in [2.05, 4.69) is 11.4 Å². The van der Waals surface area contributed by atoms with E-state index in [1.165, 1.54) is 0 Å². The minimum Gasteiger partial charge on any atom is -0.489 e. The Balaban J connectivity index is 0.968. The number of nitrogens with one attached hydrogen (secondary N) is 1. The van der Waals surface area contributed by atoms with Gasteiger partial charge < -0.3 is 24.6 Å². The van der Waals surface area contributed by atoms with Crippen molar-refractivity contribution in [3.63, 3.8) is 0 Å². The van der Waals surface area contributed by atoms with Gasteiger partial charge in [0.2, 0.25) is 5.91 Å². The third-order valence-electron chi connectivity index (χ3n) is 10.8. The van der Waals surface area contributed by atoms with Crippen molar-refractivity contribution in [2.24, 2.45) is 0 Å². The summed E-state index contributed by atoms with van der Waals surface area (Å²) in [5.74, 6) is 0.346. The van der Waals surface area contributed by atoms with E-state index in [9.17, 15) is 14.7 Å². The molecule has 2 heterocycles. The molecule has 60 heavy (non-hydrogen) atoms. The molecule has 2 aliphatic heterocycles. The topological polar surface area (TPSA) is 121 Å². The number of ether oxygens (including phenoxy) is 3. The van der Waals surface area contributed by atoms with Crippen LogP contribution in [-0.4, -0.2) is 40.6 Å². The highest BCUT2D eigenvalue weighted by molar-refractivity contribution is 6.42. The van der Waals surface area contributed by atoms with Gasteiger partial charge in [0.1, 0.15) is 25.0 Å². The van der Waals surface area contributed by atoms with Crippen LogP contribution >= 0.6 is 34.8 Å². The second-order valence-corrected chi connectivity index (χ2v) is 16.0. The van der Waals surface area contributed by atoms with Crippen LogP contribution < -0.4 is 19.5 Å². The van der Waals surface area contributed by atoms with Gasteiger partial charge in [-0.15, -0.1) is 0 Å². The first-order chi connectivity index (χ1) is 29.1. The van der Waals surface area contributed by atoms with Crippen LogP contribution in [0.2, 0.25) is 15.1 Å². The smallest absolute Gasteiger partial charge is 0.326 e. The Labute approximate surface area is 362 Å². The summed E-state index contributed by atoms with van der Waals surface area (Å²) in [4.78, 5) is 28.8. The van der Waals surface area contributed by atoms with E-state index in [4.69, 9.17) is 54.3 Å². The van der Waals surface area contributed by atoms with Gasteiger partial charge in [-0.3, -0.25) is 9.69 Å². The number of nitriles is 1. The molecule has 12 heteroatoms. The van der Waals surface area contributed by atoms with E-state index >= 15 is 0 Å². The Kier molecular flexibility index (Phi) is 12.3. The zero-order valence-electron chi connectivity index (χ0n) is 32.1. The molecule has 302 valence electrons. The number of aliphatic carboxylic acids is 1. The van der Waals surface area contributed by atoms with E-state index in [0.29, 0.717) is 64.0 Å². The van der Waals surface area contributed by atoms with Gasteiger partial charge in [-0.25, -0.2) is 4.79 Å². The molecule has 0 aliphatic carbocycles. The van der Waals surface area contributed by atoms with Crippen LogP contribution in [0.25, 0.3) is 11.1 Å². The summed E-state index contributed by atoms with van der Waals surface area (Å²) in [7, 11) is 0. The number of fused-ring (bicyclic) bond motifs is 2. The standard InChI is InChI=1S/C48H38Cl3N3O6/c49-39-4-2-1-3-35(39)25-54-26-37-23-45-44(59-28-46(60-45)34-14-16-38(17-15-34)58-27-31-9-18-40(50)41(51)19-31)22-36(37)21-43(54)47(55)53-42(48(56)57)20-29-5-10-32(11-6-29)33-12-7-30(24-52)8-13-33/h1-19,22-23,42-43,46H,20-21,25-28H2,(H,53,55)(H,56,57). The minimum absolute atomic E-state index is 0.0941. The maximum absolute atomic E-state index is 14.2. The fourth-order valence-corrected chi connectivity index (χ4v) is 8.00. The monoisotopic (exact) mass is 857 g/mol. The predicted molar refractivity (Wildman–Crippen MR) is 231 cm³/mol. The minimum atomic E-state index is -1.16. The molecule has 2 N–H and O–H groups in total. The van der Waals surface area contributed by atoms with Gasteiger partial charge in [0.05, 0.1) is 27.7 Å². The van der Waals surface area contributed by atoms with Crippen molar-refractivity contribution in [2.45, 2.75) is 50.7 Å². The van der Waals surface area contributed by atoms with Crippen LogP contribution in [0.1, 0.15) is 45.0 Å². The fourth-order valence-electron chi connectivity index (χ4n) is 7.49. The third kappa shape index (κ3) is 9.38.